The molecule has 2 unspecified atom stereocenters. The summed E-state index contributed by atoms with van der Waals surface area (Å²) in [7, 11) is -0.610. The SMILES string of the molecule is CCC1CNC(C)(C)CS1=O. The van der Waals surface area contributed by atoms with E-state index in [0.717, 1.165) is 18.7 Å². The van der Waals surface area contributed by atoms with Crippen LogP contribution < -0.4 is 5.32 Å². The standard InChI is InChI=1S/C8H17NOS/c1-4-7-5-9-8(2,3)6-11(7)10/h7,9H,4-6H2,1-3H3. The van der Waals surface area contributed by atoms with Crippen molar-refractivity contribution in [3.05, 3.63) is 0 Å². The fourth-order valence-corrected chi connectivity index (χ4v) is 3.03. The molecule has 1 N–H and O–H groups in total. The number of hydrogen-bond donors (Lipinski definition) is 1. The predicted molar refractivity (Wildman–Crippen MR) is 49.2 cm³/mol. The predicted octanol–water partition coefficient (Wildman–Crippen LogP) is 0.896. The first-order valence-corrected chi connectivity index (χ1v) is 5.55. The summed E-state index contributed by atoms with van der Waals surface area (Å²) in [6.45, 7) is 7.23. The largest absolute Gasteiger partial charge is 0.310 e. The Morgan fingerprint density at radius 3 is 2.73 bits per heavy atom. The lowest BCUT2D eigenvalue weighted by molar-refractivity contribution is 0.407. The maximum absolute atomic E-state index is 11.5. The third-order valence-corrected chi connectivity index (χ3v) is 4.39. The Labute approximate surface area is 71.2 Å². The van der Waals surface area contributed by atoms with E-state index < -0.39 is 10.8 Å². The molecule has 1 heterocycles. The summed E-state index contributed by atoms with van der Waals surface area (Å²) in [5.41, 5.74) is 0.0799. The summed E-state index contributed by atoms with van der Waals surface area (Å²) < 4.78 is 11.5. The van der Waals surface area contributed by atoms with E-state index in [2.05, 4.69) is 26.1 Å². The Morgan fingerprint density at radius 1 is 1.64 bits per heavy atom. The molecule has 3 heteroatoms. The highest BCUT2D eigenvalue weighted by Gasteiger charge is 2.30. The van der Waals surface area contributed by atoms with E-state index >= 15 is 0 Å². The summed E-state index contributed by atoms with van der Waals surface area (Å²) in [6, 6.07) is 0. The van der Waals surface area contributed by atoms with Crippen LogP contribution in [-0.2, 0) is 10.8 Å². The molecule has 0 aromatic rings. The minimum atomic E-state index is -0.610. The quantitative estimate of drug-likeness (QED) is 0.641. The van der Waals surface area contributed by atoms with Crippen molar-refractivity contribution in [2.45, 2.75) is 38.0 Å². The first kappa shape index (κ1) is 9.20. The Hall–Kier alpha value is 0.110. The van der Waals surface area contributed by atoms with Crippen LogP contribution in [-0.4, -0.2) is 27.3 Å². The van der Waals surface area contributed by atoms with Gasteiger partial charge in [-0.25, -0.2) is 0 Å². The average molecular weight is 175 g/mol. The maximum Gasteiger partial charge on any atom is 0.0470 e. The molecule has 11 heavy (non-hydrogen) atoms. The molecule has 1 saturated heterocycles. The molecule has 1 aliphatic heterocycles. The van der Waals surface area contributed by atoms with E-state index in [1.807, 2.05) is 0 Å². The van der Waals surface area contributed by atoms with Gasteiger partial charge >= 0.3 is 0 Å². The van der Waals surface area contributed by atoms with Crippen LogP contribution in [0.3, 0.4) is 0 Å². The second kappa shape index (κ2) is 3.23. The molecule has 0 bridgehead atoms. The van der Waals surface area contributed by atoms with Gasteiger partial charge in [0.2, 0.25) is 0 Å². The molecule has 0 saturated carbocycles. The van der Waals surface area contributed by atoms with E-state index in [-0.39, 0.29) is 5.54 Å². The molecule has 0 aromatic carbocycles. The normalized spacial score (nSPS) is 37.0. The highest BCUT2D eigenvalue weighted by molar-refractivity contribution is 7.85. The molecule has 0 aliphatic carbocycles. The Morgan fingerprint density at radius 2 is 2.27 bits per heavy atom. The van der Waals surface area contributed by atoms with Gasteiger partial charge in [-0.15, -0.1) is 0 Å². The van der Waals surface area contributed by atoms with E-state index in [1.54, 1.807) is 0 Å². The maximum atomic E-state index is 11.5. The molecule has 0 amide bonds. The van der Waals surface area contributed by atoms with Crippen molar-refractivity contribution in [2.24, 2.45) is 0 Å². The number of hydrogen-bond acceptors (Lipinski definition) is 2. The van der Waals surface area contributed by atoms with Crippen LogP contribution in [0.2, 0.25) is 0 Å². The summed E-state index contributed by atoms with van der Waals surface area (Å²) >= 11 is 0. The van der Waals surface area contributed by atoms with Crippen LogP contribution in [0.4, 0.5) is 0 Å². The number of nitrogens with one attached hydrogen (secondary N) is 1. The van der Waals surface area contributed by atoms with Gasteiger partial charge in [-0.2, -0.15) is 0 Å². The van der Waals surface area contributed by atoms with Crippen molar-refractivity contribution >= 4 is 10.8 Å². The lowest BCUT2D eigenvalue weighted by Crippen LogP contribution is -2.54. The molecule has 66 valence electrons. The van der Waals surface area contributed by atoms with Gasteiger partial charge in [0.25, 0.3) is 0 Å². The third kappa shape index (κ3) is 2.27. The topological polar surface area (TPSA) is 29.1 Å². The first-order chi connectivity index (χ1) is 5.05. The van der Waals surface area contributed by atoms with Crippen LogP contribution in [0.15, 0.2) is 0 Å². The Kier molecular flexibility index (Phi) is 2.70. The van der Waals surface area contributed by atoms with Gasteiger partial charge in [-0.3, -0.25) is 4.21 Å². The van der Waals surface area contributed by atoms with Crippen molar-refractivity contribution in [2.75, 3.05) is 12.3 Å². The van der Waals surface area contributed by atoms with Crippen LogP contribution in [0.25, 0.3) is 0 Å². The lowest BCUT2D eigenvalue weighted by atomic mass is 10.1. The van der Waals surface area contributed by atoms with E-state index in [9.17, 15) is 4.21 Å². The highest BCUT2D eigenvalue weighted by Crippen LogP contribution is 2.15. The van der Waals surface area contributed by atoms with Crippen molar-refractivity contribution in [3.8, 4) is 0 Å². The van der Waals surface area contributed by atoms with Crippen LogP contribution in [0, 0.1) is 0 Å². The van der Waals surface area contributed by atoms with Gasteiger partial charge in [0, 0.05) is 33.9 Å². The zero-order chi connectivity index (χ0) is 8.48. The van der Waals surface area contributed by atoms with Gasteiger partial charge in [-0.1, -0.05) is 6.92 Å². The zero-order valence-corrected chi connectivity index (χ0v) is 8.33. The first-order valence-electron chi connectivity index (χ1n) is 4.17. The molecule has 1 fully saturated rings. The zero-order valence-electron chi connectivity index (χ0n) is 7.52. The molecule has 0 aromatic heterocycles. The second-order valence-corrected chi connectivity index (χ2v) is 5.54. The third-order valence-electron chi connectivity index (χ3n) is 2.14. The fourth-order valence-electron chi connectivity index (χ4n) is 1.34. The minimum Gasteiger partial charge on any atom is -0.310 e. The Balaban J connectivity index is 2.55. The van der Waals surface area contributed by atoms with Crippen LogP contribution in [0.5, 0.6) is 0 Å². The van der Waals surface area contributed by atoms with E-state index in [1.165, 1.54) is 0 Å². The molecular formula is C8H17NOS. The molecular weight excluding hydrogens is 158 g/mol. The monoisotopic (exact) mass is 175 g/mol. The molecule has 2 atom stereocenters. The van der Waals surface area contributed by atoms with Gasteiger partial charge < -0.3 is 5.32 Å². The molecule has 0 radical (unpaired) electrons. The molecule has 2 nitrogen and oxygen atoms in total. The van der Waals surface area contributed by atoms with Crippen molar-refractivity contribution in [1.29, 1.82) is 0 Å². The Bertz CT molecular complexity index is 167. The lowest BCUT2D eigenvalue weighted by Gasteiger charge is -2.34. The molecule has 1 aliphatic rings. The summed E-state index contributed by atoms with van der Waals surface area (Å²) in [5, 5.41) is 3.77. The molecule has 1 rings (SSSR count). The minimum absolute atomic E-state index is 0.0799. The fraction of sp³-hybridized carbons (Fsp3) is 1.00. The van der Waals surface area contributed by atoms with E-state index in [0.29, 0.717) is 5.25 Å². The van der Waals surface area contributed by atoms with Crippen molar-refractivity contribution in [1.82, 2.24) is 5.32 Å². The van der Waals surface area contributed by atoms with E-state index in [4.69, 9.17) is 0 Å². The second-order valence-electron chi connectivity index (χ2n) is 3.82. The average Bonchev–Trinajstić information content (AvgIpc) is 1.86. The summed E-state index contributed by atoms with van der Waals surface area (Å²) in [4.78, 5) is 0. The smallest absolute Gasteiger partial charge is 0.0470 e. The van der Waals surface area contributed by atoms with Gasteiger partial charge in [0.15, 0.2) is 0 Å². The summed E-state index contributed by atoms with van der Waals surface area (Å²) in [6.07, 6.45) is 1.02. The van der Waals surface area contributed by atoms with Gasteiger partial charge in [-0.05, 0) is 20.3 Å². The molecule has 0 spiro atoms. The summed E-state index contributed by atoms with van der Waals surface area (Å²) in [5.74, 6) is 0.797. The highest BCUT2D eigenvalue weighted by atomic mass is 32.2. The van der Waals surface area contributed by atoms with Gasteiger partial charge in [0.05, 0.1) is 0 Å². The van der Waals surface area contributed by atoms with Crippen molar-refractivity contribution in [3.63, 3.8) is 0 Å². The van der Waals surface area contributed by atoms with Gasteiger partial charge in [0.1, 0.15) is 0 Å². The van der Waals surface area contributed by atoms with Crippen molar-refractivity contribution < 1.29 is 4.21 Å². The van der Waals surface area contributed by atoms with Crippen LogP contribution in [0.1, 0.15) is 27.2 Å². The number of rotatable bonds is 1. The van der Waals surface area contributed by atoms with Crippen LogP contribution >= 0.6 is 0 Å².